The van der Waals surface area contributed by atoms with E-state index in [4.69, 9.17) is 0 Å². The van der Waals surface area contributed by atoms with Crippen molar-refractivity contribution in [2.24, 2.45) is 5.92 Å². The Morgan fingerprint density at radius 3 is 2.88 bits per heavy atom. The summed E-state index contributed by atoms with van der Waals surface area (Å²) in [6, 6.07) is 4.13. The van der Waals surface area contributed by atoms with Gasteiger partial charge in [0.2, 0.25) is 0 Å². The van der Waals surface area contributed by atoms with Crippen molar-refractivity contribution < 1.29 is 4.79 Å². The summed E-state index contributed by atoms with van der Waals surface area (Å²) in [6.07, 6.45) is 7.58. The van der Waals surface area contributed by atoms with Crippen molar-refractivity contribution in [2.45, 2.75) is 18.9 Å². The molecule has 1 N–H and O–H groups in total. The molecule has 1 unspecified atom stereocenters. The lowest BCUT2D eigenvalue weighted by atomic mass is 9.84. The number of hydrogen-bond donors (Lipinski definition) is 1. The zero-order valence-electron chi connectivity index (χ0n) is 13.6. The molecule has 6 heterocycles. The summed E-state index contributed by atoms with van der Waals surface area (Å²) in [6.45, 7) is 3.30. The Balaban J connectivity index is 1.38. The van der Waals surface area contributed by atoms with Crippen LogP contribution in [0.3, 0.4) is 0 Å². The number of rotatable bonds is 3. The second-order valence-electron chi connectivity index (χ2n) is 6.76. The minimum Gasteiger partial charge on any atom is -0.346 e. The van der Waals surface area contributed by atoms with E-state index in [9.17, 15) is 4.79 Å². The Hall–Kier alpha value is -2.32. The molecule has 128 valence electrons. The molecule has 3 aliphatic heterocycles. The molecule has 3 saturated heterocycles. The van der Waals surface area contributed by atoms with E-state index in [1.54, 1.807) is 34.6 Å². The zero-order chi connectivity index (χ0) is 16.8. The van der Waals surface area contributed by atoms with E-state index in [0.29, 0.717) is 11.6 Å². The standard InChI is InChI=1S/C17H18N6OS/c24-17(20-14-10-22-4-1-11(14)2-5-22)13-8-15-12(9-18-13)7-16(25-15)23-6-3-19-21-23/h3,6-9,11,14H,1-2,4-5,10H2,(H,20,24). The van der Waals surface area contributed by atoms with Crippen LogP contribution in [0.5, 0.6) is 0 Å². The van der Waals surface area contributed by atoms with Crippen LogP contribution in [0.1, 0.15) is 23.3 Å². The largest absolute Gasteiger partial charge is 0.346 e. The molecule has 3 fully saturated rings. The number of nitrogens with one attached hydrogen (secondary N) is 1. The highest BCUT2D eigenvalue weighted by Gasteiger charge is 2.35. The minimum absolute atomic E-state index is 0.0728. The first-order chi connectivity index (χ1) is 12.3. The smallest absolute Gasteiger partial charge is 0.270 e. The highest BCUT2D eigenvalue weighted by Crippen LogP contribution is 2.29. The molecular formula is C17H18N6OS. The number of pyridine rings is 1. The van der Waals surface area contributed by atoms with Gasteiger partial charge in [0.05, 0.1) is 12.4 Å². The molecule has 0 aromatic carbocycles. The van der Waals surface area contributed by atoms with Crippen molar-refractivity contribution >= 4 is 27.3 Å². The quantitative estimate of drug-likeness (QED) is 0.775. The fourth-order valence-electron chi connectivity index (χ4n) is 3.85. The van der Waals surface area contributed by atoms with Gasteiger partial charge in [-0.1, -0.05) is 5.21 Å². The molecule has 6 rings (SSSR count). The van der Waals surface area contributed by atoms with Crippen LogP contribution in [0.25, 0.3) is 15.1 Å². The molecule has 25 heavy (non-hydrogen) atoms. The van der Waals surface area contributed by atoms with Gasteiger partial charge in [-0.05, 0) is 44.0 Å². The SMILES string of the molecule is O=C(NC1CN2CCC1CC2)c1cc2sc(-n3ccnn3)cc2cn1. The lowest BCUT2D eigenvalue weighted by molar-refractivity contribution is 0.0618. The number of piperidine rings is 3. The maximum absolute atomic E-state index is 12.7. The number of carbonyl (C=O) groups excluding carboxylic acids is 1. The van der Waals surface area contributed by atoms with Crippen molar-refractivity contribution in [2.75, 3.05) is 19.6 Å². The van der Waals surface area contributed by atoms with E-state index in [0.717, 1.165) is 21.6 Å². The van der Waals surface area contributed by atoms with E-state index in [1.807, 2.05) is 12.1 Å². The fourth-order valence-corrected chi connectivity index (χ4v) is 4.86. The van der Waals surface area contributed by atoms with E-state index in [-0.39, 0.29) is 11.9 Å². The predicted molar refractivity (Wildman–Crippen MR) is 95.0 cm³/mol. The molecule has 1 amide bonds. The van der Waals surface area contributed by atoms with Gasteiger partial charge >= 0.3 is 0 Å². The third-order valence-electron chi connectivity index (χ3n) is 5.24. The first-order valence-electron chi connectivity index (χ1n) is 8.56. The van der Waals surface area contributed by atoms with Crippen molar-refractivity contribution in [1.29, 1.82) is 0 Å². The zero-order valence-corrected chi connectivity index (χ0v) is 14.4. The highest BCUT2D eigenvalue weighted by atomic mass is 32.1. The van der Waals surface area contributed by atoms with E-state index < -0.39 is 0 Å². The summed E-state index contributed by atoms with van der Waals surface area (Å²) >= 11 is 1.58. The number of nitrogens with zero attached hydrogens (tertiary/aromatic N) is 5. The molecule has 7 nitrogen and oxygen atoms in total. The lowest BCUT2D eigenvalue weighted by Gasteiger charge is -2.44. The molecule has 3 aromatic heterocycles. The molecule has 3 aliphatic rings. The van der Waals surface area contributed by atoms with Gasteiger partial charge in [0, 0.05) is 28.9 Å². The number of aromatic nitrogens is 4. The topological polar surface area (TPSA) is 75.9 Å². The molecule has 2 bridgehead atoms. The van der Waals surface area contributed by atoms with Crippen LogP contribution in [0.2, 0.25) is 0 Å². The van der Waals surface area contributed by atoms with E-state index in [2.05, 4.69) is 25.5 Å². The number of amides is 1. The predicted octanol–water partition coefficient (Wildman–Crippen LogP) is 1.70. The van der Waals surface area contributed by atoms with Crippen LogP contribution in [0, 0.1) is 5.92 Å². The van der Waals surface area contributed by atoms with Crippen LogP contribution >= 0.6 is 11.3 Å². The Bertz CT molecular complexity index is 913. The Morgan fingerprint density at radius 1 is 1.28 bits per heavy atom. The van der Waals surface area contributed by atoms with Crippen molar-refractivity contribution in [3.8, 4) is 5.00 Å². The average Bonchev–Trinajstić information content (AvgIpc) is 3.31. The van der Waals surface area contributed by atoms with Crippen LogP contribution in [-0.4, -0.2) is 56.5 Å². The maximum atomic E-state index is 12.7. The second kappa shape index (κ2) is 5.89. The number of carbonyl (C=O) groups is 1. The summed E-state index contributed by atoms with van der Waals surface area (Å²) in [5.74, 6) is 0.537. The van der Waals surface area contributed by atoms with Crippen molar-refractivity contribution in [1.82, 2.24) is 30.2 Å². The number of fused-ring (bicyclic) bond motifs is 4. The monoisotopic (exact) mass is 354 g/mol. The van der Waals surface area contributed by atoms with Gasteiger partial charge in [0.1, 0.15) is 10.7 Å². The molecular weight excluding hydrogens is 336 g/mol. The summed E-state index contributed by atoms with van der Waals surface area (Å²) in [7, 11) is 0. The summed E-state index contributed by atoms with van der Waals surface area (Å²) in [5.41, 5.74) is 0.482. The average molecular weight is 354 g/mol. The van der Waals surface area contributed by atoms with Crippen LogP contribution in [-0.2, 0) is 0 Å². The van der Waals surface area contributed by atoms with Gasteiger partial charge in [-0.15, -0.1) is 16.4 Å². The van der Waals surface area contributed by atoms with Gasteiger partial charge in [-0.3, -0.25) is 9.78 Å². The molecule has 0 spiro atoms. The summed E-state index contributed by atoms with van der Waals surface area (Å²) in [5, 5.41) is 13.0. The number of thiophene rings is 1. The van der Waals surface area contributed by atoms with E-state index in [1.165, 1.54) is 25.9 Å². The van der Waals surface area contributed by atoms with Gasteiger partial charge in [0.15, 0.2) is 0 Å². The molecule has 0 saturated carbocycles. The highest BCUT2D eigenvalue weighted by molar-refractivity contribution is 7.21. The lowest BCUT2D eigenvalue weighted by Crippen LogP contribution is -2.57. The third-order valence-corrected chi connectivity index (χ3v) is 6.33. The van der Waals surface area contributed by atoms with Gasteiger partial charge in [-0.25, -0.2) is 4.68 Å². The summed E-state index contributed by atoms with van der Waals surface area (Å²) < 4.78 is 2.75. The Labute approximate surface area is 148 Å². The van der Waals surface area contributed by atoms with Crippen molar-refractivity contribution in [3.05, 3.63) is 36.4 Å². The first-order valence-corrected chi connectivity index (χ1v) is 9.37. The van der Waals surface area contributed by atoms with Gasteiger partial charge < -0.3 is 10.2 Å². The summed E-state index contributed by atoms with van der Waals surface area (Å²) in [4.78, 5) is 19.5. The van der Waals surface area contributed by atoms with Crippen LogP contribution in [0.15, 0.2) is 30.7 Å². The molecule has 3 aromatic rings. The second-order valence-corrected chi connectivity index (χ2v) is 7.82. The van der Waals surface area contributed by atoms with Crippen LogP contribution < -0.4 is 5.32 Å². The first kappa shape index (κ1) is 15.0. The molecule has 0 aliphatic carbocycles. The maximum Gasteiger partial charge on any atom is 0.270 e. The normalized spacial score (nSPS) is 25.4. The number of hydrogen-bond acceptors (Lipinski definition) is 6. The minimum atomic E-state index is -0.0728. The molecule has 0 radical (unpaired) electrons. The Morgan fingerprint density at radius 2 is 2.16 bits per heavy atom. The van der Waals surface area contributed by atoms with Crippen molar-refractivity contribution in [3.63, 3.8) is 0 Å². The van der Waals surface area contributed by atoms with Gasteiger partial charge in [0.25, 0.3) is 5.91 Å². The molecule has 8 heteroatoms. The van der Waals surface area contributed by atoms with Crippen LogP contribution in [0.4, 0.5) is 0 Å². The third kappa shape index (κ3) is 2.71. The van der Waals surface area contributed by atoms with E-state index >= 15 is 0 Å². The molecule has 1 atom stereocenters. The Kier molecular flexibility index (Phi) is 3.53. The van der Waals surface area contributed by atoms with Gasteiger partial charge in [-0.2, -0.15) is 0 Å². The fraction of sp³-hybridized carbons (Fsp3) is 0.412.